The molecule has 3 aromatic rings. The number of nitrogens with zero attached hydrogens (tertiary/aromatic N) is 3. The Bertz CT molecular complexity index is 851. The maximum atomic E-state index is 6.13. The minimum Gasteiger partial charge on any atom is -0.471 e. The molecule has 0 radical (unpaired) electrons. The second-order valence-corrected chi connectivity index (χ2v) is 7.34. The summed E-state index contributed by atoms with van der Waals surface area (Å²) in [5.41, 5.74) is 3.35. The molecule has 1 aliphatic rings. The number of hydrogen-bond donors (Lipinski definition) is 0. The van der Waals surface area contributed by atoms with Gasteiger partial charge in [0, 0.05) is 12.2 Å². The Labute approximate surface area is 173 Å². The van der Waals surface area contributed by atoms with Gasteiger partial charge in [-0.1, -0.05) is 67.1 Å². The third-order valence-electron chi connectivity index (χ3n) is 5.35. The minimum absolute atomic E-state index is 0. The SMILES string of the molecule is CN1CCCCC1Cn1cc(-c2ccccc2)c(OCc2ccccc2)n1.Cl. The van der Waals surface area contributed by atoms with Gasteiger partial charge in [-0.15, -0.1) is 17.5 Å². The predicted molar refractivity (Wildman–Crippen MR) is 116 cm³/mol. The summed E-state index contributed by atoms with van der Waals surface area (Å²) < 4.78 is 8.19. The number of benzene rings is 2. The van der Waals surface area contributed by atoms with E-state index in [1.54, 1.807) is 0 Å². The number of piperidine rings is 1. The number of halogens is 1. The molecule has 0 N–H and O–H groups in total. The zero-order valence-corrected chi connectivity index (χ0v) is 17.1. The van der Waals surface area contributed by atoms with Gasteiger partial charge in [0.05, 0.1) is 12.1 Å². The molecule has 1 aromatic heterocycles. The maximum absolute atomic E-state index is 6.13. The molecular formula is C23H28ClN3O. The van der Waals surface area contributed by atoms with Crippen LogP contribution in [-0.4, -0.2) is 34.3 Å². The summed E-state index contributed by atoms with van der Waals surface area (Å²) in [6.45, 7) is 2.61. The lowest BCUT2D eigenvalue weighted by Crippen LogP contribution is -2.39. The van der Waals surface area contributed by atoms with E-state index in [4.69, 9.17) is 9.84 Å². The van der Waals surface area contributed by atoms with Gasteiger partial charge < -0.3 is 9.64 Å². The van der Waals surface area contributed by atoms with Gasteiger partial charge in [-0.05, 0) is 37.6 Å². The van der Waals surface area contributed by atoms with Gasteiger partial charge in [0.25, 0.3) is 0 Å². The van der Waals surface area contributed by atoms with Crippen molar-refractivity contribution in [2.45, 2.75) is 38.5 Å². The molecule has 0 amide bonds. The van der Waals surface area contributed by atoms with Crippen molar-refractivity contribution in [1.29, 1.82) is 0 Å². The third-order valence-corrected chi connectivity index (χ3v) is 5.35. The van der Waals surface area contributed by atoms with Crippen LogP contribution in [0.3, 0.4) is 0 Å². The molecule has 0 bridgehead atoms. The molecule has 1 atom stereocenters. The Morgan fingerprint density at radius 2 is 1.71 bits per heavy atom. The maximum Gasteiger partial charge on any atom is 0.241 e. The van der Waals surface area contributed by atoms with Crippen LogP contribution in [0.15, 0.2) is 66.9 Å². The molecule has 4 rings (SSSR count). The highest BCUT2D eigenvalue weighted by molar-refractivity contribution is 5.85. The highest BCUT2D eigenvalue weighted by Crippen LogP contribution is 2.30. The van der Waals surface area contributed by atoms with Crippen molar-refractivity contribution in [3.8, 4) is 17.0 Å². The van der Waals surface area contributed by atoms with E-state index in [1.165, 1.54) is 25.8 Å². The van der Waals surface area contributed by atoms with Crippen LogP contribution in [0.5, 0.6) is 5.88 Å². The average molecular weight is 398 g/mol. The van der Waals surface area contributed by atoms with Crippen LogP contribution in [-0.2, 0) is 13.2 Å². The van der Waals surface area contributed by atoms with E-state index in [1.807, 2.05) is 24.3 Å². The zero-order chi connectivity index (χ0) is 18.5. The standard InChI is InChI=1S/C23H27N3O.ClH/c1-25-15-9-8-14-21(25)16-26-17-22(20-12-6-3-7-13-20)23(24-26)27-18-19-10-4-2-5-11-19;/h2-7,10-13,17,21H,8-9,14-16,18H2,1H3;1H. The third kappa shape index (κ3) is 4.94. The zero-order valence-electron chi connectivity index (χ0n) is 16.3. The summed E-state index contributed by atoms with van der Waals surface area (Å²) >= 11 is 0. The van der Waals surface area contributed by atoms with Crippen LogP contribution >= 0.6 is 12.4 Å². The molecule has 0 saturated carbocycles. The van der Waals surface area contributed by atoms with Crippen LogP contribution in [0.1, 0.15) is 24.8 Å². The molecule has 2 heterocycles. The second kappa shape index (κ2) is 9.76. The number of hydrogen-bond acceptors (Lipinski definition) is 3. The van der Waals surface area contributed by atoms with E-state index < -0.39 is 0 Å². The molecule has 1 aliphatic heterocycles. The van der Waals surface area contributed by atoms with Crippen molar-refractivity contribution >= 4 is 12.4 Å². The van der Waals surface area contributed by atoms with E-state index in [0.29, 0.717) is 18.5 Å². The van der Waals surface area contributed by atoms with Crippen LogP contribution in [0.4, 0.5) is 0 Å². The lowest BCUT2D eigenvalue weighted by Gasteiger charge is -2.32. The predicted octanol–water partition coefficient (Wildman–Crippen LogP) is 5.04. The smallest absolute Gasteiger partial charge is 0.241 e. The molecule has 1 fully saturated rings. The van der Waals surface area contributed by atoms with Gasteiger partial charge in [0.15, 0.2) is 0 Å². The summed E-state index contributed by atoms with van der Waals surface area (Å²) in [5.74, 6) is 0.712. The topological polar surface area (TPSA) is 30.3 Å². The van der Waals surface area contributed by atoms with E-state index in [2.05, 4.69) is 59.2 Å². The molecule has 5 heteroatoms. The van der Waals surface area contributed by atoms with E-state index in [0.717, 1.165) is 23.2 Å². The minimum atomic E-state index is 0. The van der Waals surface area contributed by atoms with Crippen molar-refractivity contribution in [3.63, 3.8) is 0 Å². The highest BCUT2D eigenvalue weighted by Gasteiger charge is 2.21. The summed E-state index contributed by atoms with van der Waals surface area (Å²) in [4.78, 5) is 2.46. The number of likely N-dealkylation sites (tertiary alicyclic amines) is 1. The molecular weight excluding hydrogens is 370 g/mol. The number of likely N-dealkylation sites (N-methyl/N-ethyl adjacent to an activating group) is 1. The average Bonchev–Trinajstić information content (AvgIpc) is 3.12. The first kappa shape index (κ1) is 20.4. The first-order valence-corrected chi connectivity index (χ1v) is 9.79. The van der Waals surface area contributed by atoms with Crippen molar-refractivity contribution in [2.75, 3.05) is 13.6 Å². The first-order valence-electron chi connectivity index (χ1n) is 9.79. The van der Waals surface area contributed by atoms with Crippen molar-refractivity contribution in [2.24, 2.45) is 0 Å². The number of ether oxygens (including phenoxy) is 1. The first-order chi connectivity index (χ1) is 13.3. The Morgan fingerprint density at radius 1 is 1.00 bits per heavy atom. The highest BCUT2D eigenvalue weighted by atomic mass is 35.5. The van der Waals surface area contributed by atoms with Crippen LogP contribution in [0.2, 0.25) is 0 Å². The largest absolute Gasteiger partial charge is 0.471 e. The Kier molecular flexibility index (Phi) is 7.12. The lowest BCUT2D eigenvalue weighted by atomic mass is 10.0. The van der Waals surface area contributed by atoms with E-state index in [9.17, 15) is 0 Å². The van der Waals surface area contributed by atoms with Crippen molar-refractivity contribution in [1.82, 2.24) is 14.7 Å². The van der Waals surface area contributed by atoms with Crippen molar-refractivity contribution in [3.05, 3.63) is 72.4 Å². The number of rotatable bonds is 6. The molecule has 2 aromatic carbocycles. The Morgan fingerprint density at radius 3 is 2.43 bits per heavy atom. The van der Waals surface area contributed by atoms with Crippen LogP contribution in [0, 0.1) is 0 Å². The molecule has 4 nitrogen and oxygen atoms in total. The molecule has 28 heavy (non-hydrogen) atoms. The normalized spacial score (nSPS) is 17.1. The molecule has 0 spiro atoms. The molecule has 1 saturated heterocycles. The van der Waals surface area contributed by atoms with Gasteiger partial charge in [0.2, 0.25) is 5.88 Å². The van der Waals surface area contributed by atoms with E-state index >= 15 is 0 Å². The summed E-state index contributed by atoms with van der Waals surface area (Å²) in [5, 5.41) is 4.80. The number of aromatic nitrogens is 2. The quantitative estimate of drug-likeness (QED) is 0.584. The van der Waals surface area contributed by atoms with Gasteiger partial charge in [-0.25, -0.2) is 0 Å². The van der Waals surface area contributed by atoms with Crippen molar-refractivity contribution < 1.29 is 4.74 Å². The Balaban J connectivity index is 0.00000225. The summed E-state index contributed by atoms with van der Waals surface area (Å²) in [6.07, 6.45) is 5.97. The van der Waals surface area contributed by atoms with Gasteiger partial charge in [-0.3, -0.25) is 4.68 Å². The fourth-order valence-electron chi connectivity index (χ4n) is 3.74. The fourth-order valence-corrected chi connectivity index (χ4v) is 3.74. The fraction of sp³-hybridized carbons (Fsp3) is 0.348. The van der Waals surface area contributed by atoms with Gasteiger partial charge >= 0.3 is 0 Å². The molecule has 1 unspecified atom stereocenters. The Hall–Kier alpha value is -2.30. The molecule has 148 valence electrons. The van der Waals surface area contributed by atoms with Gasteiger partial charge in [0.1, 0.15) is 6.61 Å². The summed E-state index contributed by atoms with van der Waals surface area (Å²) in [6, 6.07) is 21.2. The van der Waals surface area contributed by atoms with Crippen LogP contribution in [0.25, 0.3) is 11.1 Å². The lowest BCUT2D eigenvalue weighted by molar-refractivity contribution is 0.162. The monoisotopic (exact) mass is 397 g/mol. The second-order valence-electron chi connectivity index (χ2n) is 7.34. The molecule has 0 aliphatic carbocycles. The summed E-state index contributed by atoms with van der Waals surface area (Å²) in [7, 11) is 2.22. The van der Waals surface area contributed by atoms with E-state index in [-0.39, 0.29) is 12.4 Å². The van der Waals surface area contributed by atoms with Crippen LogP contribution < -0.4 is 4.74 Å². The van der Waals surface area contributed by atoms with Gasteiger partial charge in [-0.2, -0.15) is 0 Å².